The zero-order chi connectivity index (χ0) is 19.8. The smallest absolute Gasteiger partial charge is 0.321 e. The minimum absolute atomic E-state index is 0.0554. The molecule has 3 rings (SSSR count). The lowest BCUT2D eigenvalue weighted by Crippen LogP contribution is -2.29. The molecule has 7 nitrogen and oxygen atoms in total. The van der Waals surface area contributed by atoms with E-state index in [0.717, 1.165) is 22.2 Å². The minimum Gasteiger partial charge on any atom is -0.460 e. The Kier molecular flexibility index (Phi) is 6.36. The van der Waals surface area contributed by atoms with Gasteiger partial charge in [0.2, 0.25) is 10.0 Å². The maximum Gasteiger partial charge on any atom is 0.321 e. The Bertz CT molecular complexity index is 1030. The number of carbonyl (C=O) groups excluding carboxylic acids is 1. The first-order valence-corrected chi connectivity index (χ1v) is 10.0. The van der Waals surface area contributed by atoms with E-state index in [0.29, 0.717) is 0 Å². The number of nitrogens with zero attached hydrogens (tertiary/aromatic N) is 2. The van der Waals surface area contributed by atoms with E-state index in [-0.39, 0.29) is 6.61 Å². The van der Waals surface area contributed by atoms with Gasteiger partial charge in [-0.15, -0.1) is 0 Å². The summed E-state index contributed by atoms with van der Waals surface area (Å²) in [5, 5.41) is 5.15. The fraction of sp³-hybridized carbons (Fsp3) is 0.100. The molecule has 0 spiro atoms. The SMILES string of the molecule is O=C(CNS(=O)(=O)/C=C/c1ccccc1)OCc1ccc(-n2cccn2)cc1. The number of aromatic nitrogens is 2. The van der Waals surface area contributed by atoms with Crippen molar-refractivity contribution in [3.05, 3.63) is 89.6 Å². The zero-order valence-electron chi connectivity index (χ0n) is 14.9. The van der Waals surface area contributed by atoms with Gasteiger partial charge < -0.3 is 4.74 Å². The quantitative estimate of drug-likeness (QED) is 0.590. The maximum atomic E-state index is 11.9. The highest BCUT2D eigenvalue weighted by molar-refractivity contribution is 7.92. The zero-order valence-corrected chi connectivity index (χ0v) is 15.7. The highest BCUT2D eigenvalue weighted by Crippen LogP contribution is 2.09. The predicted molar refractivity (Wildman–Crippen MR) is 106 cm³/mol. The molecule has 3 aromatic rings. The fourth-order valence-electron chi connectivity index (χ4n) is 2.32. The van der Waals surface area contributed by atoms with Crippen LogP contribution in [0, 0.1) is 0 Å². The third-order valence-electron chi connectivity index (χ3n) is 3.76. The Balaban J connectivity index is 1.46. The summed E-state index contributed by atoms with van der Waals surface area (Å²) < 4.78 is 32.8. The molecule has 0 aliphatic rings. The lowest BCUT2D eigenvalue weighted by atomic mass is 10.2. The van der Waals surface area contributed by atoms with Crippen LogP contribution in [0.2, 0.25) is 0 Å². The number of benzene rings is 2. The van der Waals surface area contributed by atoms with E-state index < -0.39 is 22.5 Å². The van der Waals surface area contributed by atoms with Gasteiger partial charge in [0, 0.05) is 17.8 Å². The van der Waals surface area contributed by atoms with E-state index in [1.54, 1.807) is 35.1 Å². The molecule has 144 valence electrons. The average Bonchev–Trinajstić information content (AvgIpc) is 3.25. The summed E-state index contributed by atoms with van der Waals surface area (Å²) >= 11 is 0. The summed E-state index contributed by atoms with van der Waals surface area (Å²) in [5.41, 5.74) is 2.42. The second kappa shape index (κ2) is 9.12. The van der Waals surface area contributed by atoms with Crippen LogP contribution in [-0.2, 0) is 26.2 Å². The van der Waals surface area contributed by atoms with Crippen molar-refractivity contribution in [1.29, 1.82) is 0 Å². The molecule has 0 saturated heterocycles. The molecule has 0 amide bonds. The first-order chi connectivity index (χ1) is 13.5. The summed E-state index contributed by atoms with van der Waals surface area (Å²) in [7, 11) is -3.73. The number of rotatable bonds is 8. The van der Waals surface area contributed by atoms with Crippen molar-refractivity contribution in [1.82, 2.24) is 14.5 Å². The van der Waals surface area contributed by atoms with Crippen LogP contribution >= 0.6 is 0 Å². The van der Waals surface area contributed by atoms with Gasteiger partial charge in [-0.05, 0) is 35.4 Å². The monoisotopic (exact) mass is 397 g/mol. The van der Waals surface area contributed by atoms with Gasteiger partial charge in [-0.3, -0.25) is 4.79 Å². The number of esters is 1. The first kappa shape index (κ1) is 19.5. The standard InChI is InChI=1S/C20H19N3O4S/c24-20(15-22-28(25,26)14-11-17-5-2-1-3-6-17)27-16-18-7-9-19(10-8-18)23-13-4-12-21-23/h1-14,22H,15-16H2/b14-11+. The van der Waals surface area contributed by atoms with Crippen molar-refractivity contribution in [3.63, 3.8) is 0 Å². The molecule has 1 N–H and O–H groups in total. The molecule has 2 aromatic carbocycles. The molecule has 0 atom stereocenters. The number of sulfonamides is 1. The molecule has 0 fully saturated rings. The molecular formula is C20H19N3O4S. The third kappa shape index (κ3) is 5.90. The largest absolute Gasteiger partial charge is 0.460 e. The molecule has 0 bridgehead atoms. The van der Waals surface area contributed by atoms with Gasteiger partial charge in [0.05, 0.1) is 5.69 Å². The van der Waals surface area contributed by atoms with Crippen LogP contribution < -0.4 is 4.72 Å². The number of ether oxygens (including phenoxy) is 1. The Morgan fingerprint density at radius 1 is 1.07 bits per heavy atom. The van der Waals surface area contributed by atoms with E-state index in [9.17, 15) is 13.2 Å². The minimum atomic E-state index is -3.73. The van der Waals surface area contributed by atoms with Crippen molar-refractivity contribution in [2.75, 3.05) is 6.54 Å². The first-order valence-electron chi connectivity index (χ1n) is 8.49. The molecule has 0 saturated carbocycles. The van der Waals surface area contributed by atoms with Crippen LogP contribution in [0.5, 0.6) is 0 Å². The third-order valence-corrected chi connectivity index (χ3v) is 4.80. The van der Waals surface area contributed by atoms with Gasteiger partial charge in [-0.2, -0.15) is 5.10 Å². The molecule has 8 heteroatoms. The van der Waals surface area contributed by atoms with Crippen molar-refractivity contribution in [3.8, 4) is 5.69 Å². The summed E-state index contributed by atoms with van der Waals surface area (Å²) in [5.74, 6) is -0.659. The number of hydrogen-bond donors (Lipinski definition) is 1. The Labute approximate surface area is 163 Å². The van der Waals surface area contributed by atoms with E-state index in [4.69, 9.17) is 4.74 Å². The Morgan fingerprint density at radius 3 is 2.50 bits per heavy atom. The van der Waals surface area contributed by atoms with Crippen molar-refractivity contribution in [2.24, 2.45) is 0 Å². The highest BCUT2D eigenvalue weighted by atomic mass is 32.2. The molecule has 1 aromatic heterocycles. The number of nitrogens with one attached hydrogen (secondary N) is 1. The van der Waals surface area contributed by atoms with Crippen molar-refractivity contribution < 1.29 is 17.9 Å². The van der Waals surface area contributed by atoms with Crippen molar-refractivity contribution in [2.45, 2.75) is 6.61 Å². The molecule has 0 unspecified atom stereocenters. The lowest BCUT2D eigenvalue weighted by molar-refractivity contribution is -0.143. The van der Waals surface area contributed by atoms with Crippen LogP contribution in [0.25, 0.3) is 11.8 Å². The number of hydrogen-bond acceptors (Lipinski definition) is 5. The van der Waals surface area contributed by atoms with Gasteiger partial charge in [0.15, 0.2) is 0 Å². The summed E-state index contributed by atoms with van der Waals surface area (Å²) in [4.78, 5) is 11.8. The molecule has 0 aliphatic heterocycles. The maximum absolute atomic E-state index is 11.9. The Hall–Kier alpha value is -3.23. The highest BCUT2D eigenvalue weighted by Gasteiger charge is 2.10. The number of carbonyl (C=O) groups is 1. The van der Waals surface area contributed by atoms with E-state index in [2.05, 4.69) is 9.82 Å². The van der Waals surface area contributed by atoms with Gasteiger partial charge in [0.25, 0.3) is 0 Å². The summed E-state index contributed by atoms with van der Waals surface area (Å²) in [6.07, 6.45) is 4.97. The van der Waals surface area contributed by atoms with Crippen LogP contribution in [0.1, 0.15) is 11.1 Å². The van der Waals surface area contributed by atoms with Gasteiger partial charge in [-0.1, -0.05) is 42.5 Å². The van der Waals surface area contributed by atoms with Crippen LogP contribution in [0.15, 0.2) is 78.5 Å². The van der Waals surface area contributed by atoms with Gasteiger partial charge in [-0.25, -0.2) is 17.8 Å². The fourth-order valence-corrected chi connectivity index (χ4v) is 3.07. The van der Waals surface area contributed by atoms with Gasteiger partial charge >= 0.3 is 5.97 Å². The van der Waals surface area contributed by atoms with E-state index in [1.165, 1.54) is 6.08 Å². The normalized spacial score (nSPS) is 11.6. The molecule has 0 radical (unpaired) electrons. The second-order valence-corrected chi connectivity index (χ2v) is 7.51. The molecule has 1 heterocycles. The van der Waals surface area contributed by atoms with Crippen LogP contribution in [0.4, 0.5) is 0 Å². The summed E-state index contributed by atoms with van der Waals surface area (Å²) in [6.45, 7) is -0.382. The van der Waals surface area contributed by atoms with Crippen LogP contribution in [0.3, 0.4) is 0 Å². The summed E-state index contributed by atoms with van der Waals surface area (Å²) in [6, 6.07) is 18.2. The van der Waals surface area contributed by atoms with Gasteiger partial charge in [0.1, 0.15) is 13.2 Å². The lowest BCUT2D eigenvalue weighted by Gasteiger charge is -2.07. The van der Waals surface area contributed by atoms with Crippen LogP contribution in [-0.4, -0.2) is 30.7 Å². The molecule has 0 aliphatic carbocycles. The van der Waals surface area contributed by atoms with E-state index in [1.807, 2.05) is 42.6 Å². The predicted octanol–water partition coefficient (Wildman–Crippen LogP) is 2.51. The van der Waals surface area contributed by atoms with E-state index >= 15 is 0 Å². The average molecular weight is 397 g/mol. The second-order valence-electron chi connectivity index (χ2n) is 5.86. The van der Waals surface area contributed by atoms with Crippen molar-refractivity contribution >= 4 is 22.1 Å². The molecule has 28 heavy (non-hydrogen) atoms. The Morgan fingerprint density at radius 2 is 1.82 bits per heavy atom. The molecular weight excluding hydrogens is 378 g/mol. The topological polar surface area (TPSA) is 90.3 Å².